The van der Waals surface area contributed by atoms with Crippen molar-refractivity contribution in [2.45, 2.75) is 0 Å². The molecule has 3 aromatic rings. The molecule has 7 heteroatoms. The summed E-state index contributed by atoms with van der Waals surface area (Å²) in [5, 5.41) is 9.54. The largest absolute Gasteiger partial charge is 0.508 e. The van der Waals surface area contributed by atoms with E-state index in [2.05, 4.69) is 4.37 Å². The highest BCUT2D eigenvalue weighted by atomic mass is 32.1. The van der Waals surface area contributed by atoms with Gasteiger partial charge in [0.1, 0.15) is 5.75 Å². The number of hydrogen-bond acceptors (Lipinski definition) is 7. The van der Waals surface area contributed by atoms with Crippen LogP contribution in [0.25, 0.3) is 21.6 Å². The van der Waals surface area contributed by atoms with E-state index in [0.717, 1.165) is 21.6 Å². The highest BCUT2D eigenvalue weighted by Crippen LogP contribution is 2.51. The molecule has 0 aliphatic rings. The van der Waals surface area contributed by atoms with E-state index in [1.807, 2.05) is 18.2 Å². The smallest absolute Gasteiger partial charge is 0.207 e. The fraction of sp³-hybridized carbons (Fsp3) is 0.211. The average Bonchev–Trinajstić information content (AvgIpc) is 3.16. The standard InChI is InChI=1S/C19H19NO5S/c1-22-15-9-13(16(23-2)18(25-4)17(15)24-3)14-10-20-26-19(14)11-5-7-12(21)8-6-11/h5-10,21H,1-4H3. The van der Waals surface area contributed by atoms with Gasteiger partial charge in [-0.15, -0.1) is 0 Å². The van der Waals surface area contributed by atoms with Gasteiger partial charge in [0.25, 0.3) is 0 Å². The fourth-order valence-corrected chi connectivity index (χ4v) is 3.55. The number of aromatic nitrogens is 1. The molecule has 0 aliphatic carbocycles. The summed E-state index contributed by atoms with van der Waals surface area (Å²) in [6.45, 7) is 0. The van der Waals surface area contributed by atoms with E-state index in [4.69, 9.17) is 18.9 Å². The van der Waals surface area contributed by atoms with Crippen LogP contribution in [0.5, 0.6) is 28.7 Å². The molecule has 0 atom stereocenters. The summed E-state index contributed by atoms with van der Waals surface area (Å²) in [4.78, 5) is 0.942. The Labute approximate surface area is 155 Å². The van der Waals surface area contributed by atoms with E-state index in [1.54, 1.807) is 46.8 Å². The Morgan fingerprint density at radius 3 is 2.04 bits per heavy atom. The summed E-state index contributed by atoms with van der Waals surface area (Å²) < 4.78 is 26.4. The van der Waals surface area contributed by atoms with Gasteiger partial charge in [-0.1, -0.05) is 0 Å². The Morgan fingerprint density at radius 1 is 0.808 bits per heavy atom. The van der Waals surface area contributed by atoms with Crippen LogP contribution in [0.15, 0.2) is 36.5 Å². The summed E-state index contributed by atoms with van der Waals surface area (Å²) >= 11 is 1.36. The number of phenolic OH excluding ortho intramolecular Hbond substituents is 1. The van der Waals surface area contributed by atoms with Gasteiger partial charge in [-0.3, -0.25) is 0 Å². The van der Waals surface area contributed by atoms with E-state index < -0.39 is 0 Å². The number of methoxy groups -OCH3 is 4. The molecule has 6 nitrogen and oxygen atoms in total. The Morgan fingerprint density at radius 2 is 1.46 bits per heavy atom. The summed E-state index contributed by atoms with van der Waals surface area (Å²) in [5.74, 6) is 2.19. The highest BCUT2D eigenvalue weighted by molar-refractivity contribution is 7.10. The predicted molar refractivity (Wildman–Crippen MR) is 101 cm³/mol. The molecule has 0 spiro atoms. The van der Waals surface area contributed by atoms with Crippen molar-refractivity contribution >= 4 is 11.5 Å². The van der Waals surface area contributed by atoms with Crippen LogP contribution in [0.1, 0.15) is 0 Å². The van der Waals surface area contributed by atoms with Crippen LogP contribution in [-0.4, -0.2) is 37.9 Å². The zero-order chi connectivity index (χ0) is 18.7. The van der Waals surface area contributed by atoms with Crippen molar-refractivity contribution < 1.29 is 24.1 Å². The molecular weight excluding hydrogens is 354 g/mol. The average molecular weight is 373 g/mol. The Balaban J connectivity index is 2.25. The number of rotatable bonds is 6. The van der Waals surface area contributed by atoms with Gasteiger partial charge in [0.05, 0.1) is 33.3 Å². The summed E-state index contributed by atoms with van der Waals surface area (Å²) in [5.41, 5.74) is 2.59. The van der Waals surface area contributed by atoms with Crippen molar-refractivity contribution in [1.82, 2.24) is 4.37 Å². The first-order valence-electron chi connectivity index (χ1n) is 7.76. The quantitative estimate of drug-likeness (QED) is 0.698. The zero-order valence-corrected chi connectivity index (χ0v) is 15.7. The number of nitrogens with zero attached hydrogens (tertiary/aromatic N) is 1. The molecular formula is C19H19NO5S. The highest BCUT2D eigenvalue weighted by Gasteiger charge is 2.24. The molecule has 0 bridgehead atoms. The third kappa shape index (κ3) is 3.01. The van der Waals surface area contributed by atoms with Crippen LogP contribution >= 0.6 is 11.5 Å². The molecule has 136 valence electrons. The fourth-order valence-electron chi connectivity index (χ4n) is 2.78. The molecule has 2 aromatic carbocycles. The maximum Gasteiger partial charge on any atom is 0.207 e. The molecule has 0 amide bonds. The minimum absolute atomic E-state index is 0.213. The monoisotopic (exact) mass is 373 g/mol. The van der Waals surface area contributed by atoms with Gasteiger partial charge in [0, 0.05) is 17.3 Å². The molecule has 1 aromatic heterocycles. The van der Waals surface area contributed by atoms with Gasteiger partial charge < -0.3 is 24.1 Å². The molecule has 0 saturated carbocycles. The second kappa shape index (κ2) is 7.53. The topological polar surface area (TPSA) is 70.0 Å². The predicted octanol–water partition coefficient (Wildman–Crippen LogP) is 4.22. The van der Waals surface area contributed by atoms with Crippen molar-refractivity contribution in [3.05, 3.63) is 36.5 Å². The van der Waals surface area contributed by atoms with Crippen molar-refractivity contribution in [3.63, 3.8) is 0 Å². The molecule has 0 aliphatic heterocycles. The maximum atomic E-state index is 9.54. The Kier molecular flexibility index (Phi) is 5.18. The van der Waals surface area contributed by atoms with Crippen LogP contribution in [0, 0.1) is 0 Å². The van der Waals surface area contributed by atoms with E-state index in [9.17, 15) is 5.11 Å². The second-order valence-electron chi connectivity index (χ2n) is 5.34. The lowest BCUT2D eigenvalue weighted by molar-refractivity contribution is 0.306. The molecule has 0 fully saturated rings. The Bertz CT molecular complexity index is 905. The van der Waals surface area contributed by atoms with Crippen LogP contribution in [0.4, 0.5) is 0 Å². The minimum Gasteiger partial charge on any atom is -0.508 e. The first-order valence-corrected chi connectivity index (χ1v) is 8.53. The summed E-state index contributed by atoms with van der Waals surface area (Å²) in [6, 6.07) is 8.82. The van der Waals surface area contributed by atoms with E-state index in [1.165, 1.54) is 11.5 Å². The molecule has 26 heavy (non-hydrogen) atoms. The van der Waals surface area contributed by atoms with E-state index >= 15 is 0 Å². The normalized spacial score (nSPS) is 10.5. The van der Waals surface area contributed by atoms with Gasteiger partial charge >= 0.3 is 0 Å². The van der Waals surface area contributed by atoms with Crippen LogP contribution in [0.2, 0.25) is 0 Å². The first-order chi connectivity index (χ1) is 12.6. The first kappa shape index (κ1) is 17.9. The molecule has 0 radical (unpaired) electrons. The van der Waals surface area contributed by atoms with Crippen molar-refractivity contribution in [2.24, 2.45) is 0 Å². The number of phenols is 1. The lowest BCUT2D eigenvalue weighted by atomic mass is 10.0. The second-order valence-corrected chi connectivity index (χ2v) is 6.14. The third-order valence-corrected chi connectivity index (χ3v) is 4.83. The summed E-state index contributed by atoms with van der Waals surface area (Å²) in [6.07, 6.45) is 1.77. The van der Waals surface area contributed by atoms with Gasteiger partial charge in [-0.05, 0) is 47.4 Å². The lowest BCUT2D eigenvalue weighted by Gasteiger charge is -2.18. The van der Waals surface area contributed by atoms with Gasteiger partial charge in [0.2, 0.25) is 11.5 Å². The van der Waals surface area contributed by atoms with Gasteiger partial charge in [-0.2, -0.15) is 4.37 Å². The number of ether oxygens (including phenoxy) is 4. The van der Waals surface area contributed by atoms with Crippen LogP contribution in [0.3, 0.4) is 0 Å². The number of hydrogen-bond donors (Lipinski definition) is 1. The Hall–Kier alpha value is -2.93. The molecule has 0 unspecified atom stereocenters. The number of aromatic hydroxyl groups is 1. The van der Waals surface area contributed by atoms with Gasteiger partial charge in [-0.25, -0.2) is 0 Å². The molecule has 0 saturated heterocycles. The van der Waals surface area contributed by atoms with E-state index in [0.29, 0.717) is 23.0 Å². The minimum atomic E-state index is 0.213. The molecule has 1 heterocycles. The molecule has 3 rings (SSSR count). The van der Waals surface area contributed by atoms with Crippen molar-refractivity contribution in [3.8, 4) is 50.3 Å². The number of benzene rings is 2. The van der Waals surface area contributed by atoms with Crippen molar-refractivity contribution in [2.75, 3.05) is 28.4 Å². The summed E-state index contributed by atoms with van der Waals surface area (Å²) in [7, 11) is 6.25. The van der Waals surface area contributed by atoms with Crippen LogP contribution in [-0.2, 0) is 0 Å². The third-order valence-electron chi connectivity index (χ3n) is 3.98. The van der Waals surface area contributed by atoms with Gasteiger partial charge in [0.15, 0.2) is 11.5 Å². The van der Waals surface area contributed by atoms with E-state index in [-0.39, 0.29) is 5.75 Å². The zero-order valence-electron chi connectivity index (χ0n) is 14.9. The van der Waals surface area contributed by atoms with Crippen LogP contribution < -0.4 is 18.9 Å². The van der Waals surface area contributed by atoms with Crippen molar-refractivity contribution in [1.29, 1.82) is 0 Å². The maximum absolute atomic E-state index is 9.54. The lowest BCUT2D eigenvalue weighted by Crippen LogP contribution is -2.00. The molecule has 1 N–H and O–H groups in total. The SMILES string of the molecule is COc1cc(-c2cnsc2-c2ccc(O)cc2)c(OC)c(OC)c1OC.